The Labute approximate surface area is 81.7 Å². The molecule has 4 nitrogen and oxygen atoms in total. The van der Waals surface area contributed by atoms with Crippen molar-refractivity contribution >= 4 is 10.9 Å². The van der Waals surface area contributed by atoms with Crippen molar-refractivity contribution in [2.45, 2.75) is 6.54 Å². The van der Waals surface area contributed by atoms with Crippen molar-refractivity contribution in [3.8, 4) is 5.75 Å². The summed E-state index contributed by atoms with van der Waals surface area (Å²) in [5.74, 6) is 0.735. The lowest BCUT2D eigenvalue weighted by Gasteiger charge is -2.03. The van der Waals surface area contributed by atoms with Gasteiger partial charge in [0, 0.05) is 11.9 Å². The highest BCUT2D eigenvalue weighted by molar-refractivity contribution is 5.84. The van der Waals surface area contributed by atoms with Crippen molar-refractivity contribution < 1.29 is 4.74 Å². The minimum absolute atomic E-state index is 0.403. The molecule has 0 radical (unpaired) electrons. The van der Waals surface area contributed by atoms with Crippen molar-refractivity contribution in [3.63, 3.8) is 0 Å². The maximum atomic E-state index is 5.48. The van der Waals surface area contributed by atoms with E-state index in [1.165, 1.54) is 0 Å². The van der Waals surface area contributed by atoms with Crippen LogP contribution in [0.1, 0.15) is 5.69 Å². The molecule has 2 rings (SSSR count). The Morgan fingerprint density at radius 1 is 1.36 bits per heavy atom. The van der Waals surface area contributed by atoms with E-state index < -0.39 is 0 Å². The van der Waals surface area contributed by atoms with Crippen LogP contribution in [0.5, 0.6) is 5.75 Å². The van der Waals surface area contributed by atoms with E-state index in [0.29, 0.717) is 6.54 Å². The maximum Gasteiger partial charge on any atom is 0.146 e. The van der Waals surface area contributed by atoms with Gasteiger partial charge in [0.25, 0.3) is 0 Å². The Morgan fingerprint density at radius 3 is 2.93 bits per heavy atom. The summed E-state index contributed by atoms with van der Waals surface area (Å²) in [6, 6.07) is 7.67. The molecular formula is C10H11N3O. The molecule has 1 aromatic carbocycles. The van der Waals surface area contributed by atoms with Gasteiger partial charge >= 0.3 is 0 Å². The van der Waals surface area contributed by atoms with Gasteiger partial charge in [-0.25, -0.2) is 0 Å². The Bertz CT molecular complexity index is 456. The van der Waals surface area contributed by atoms with Crippen LogP contribution in [0.4, 0.5) is 0 Å². The van der Waals surface area contributed by atoms with Crippen molar-refractivity contribution in [2.24, 2.45) is 5.73 Å². The highest BCUT2D eigenvalue weighted by Gasteiger charge is 2.03. The molecule has 0 aliphatic carbocycles. The first-order valence-corrected chi connectivity index (χ1v) is 4.34. The highest BCUT2D eigenvalue weighted by atomic mass is 16.5. The van der Waals surface area contributed by atoms with Gasteiger partial charge in [-0.15, -0.1) is 5.10 Å². The highest BCUT2D eigenvalue weighted by Crippen LogP contribution is 2.22. The van der Waals surface area contributed by atoms with Crippen molar-refractivity contribution in [3.05, 3.63) is 30.0 Å². The lowest BCUT2D eigenvalue weighted by Crippen LogP contribution is -2.01. The normalized spacial score (nSPS) is 10.4. The van der Waals surface area contributed by atoms with E-state index >= 15 is 0 Å². The Balaban J connectivity index is 2.67. The largest absolute Gasteiger partial charge is 0.494 e. The molecular weight excluding hydrogens is 178 g/mol. The zero-order chi connectivity index (χ0) is 9.97. The van der Waals surface area contributed by atoms with Crippen molar-refractivity contribution in [1.82, 2.24) is 10.2 Å². The number of fused-ring (bicyclic) bond motifs is 1. The van der Waals surface area contributed by atoms with Crippen LogP contribution in [0.25, 0.3) is 10.9 Å². The van der Waals surface area contributed by atoms with Crippen LogP contribution in [0.15, 0.2) is 24.3 Å². The number of rotatable bonds is 2. The van der Waals surface area contributed by atoms with Crippen LogP contribution in [-0.4, -0.2) is 17.3 Å². The summed E-state index contributed by atoms with van der Waals surface area (Å²) >= 11 is 0. The van der Waals surface area contributed by atoms with Crippen LogP contribution >= 0.6 is 0 Å². The summed E-state index contributed by atoms with van der Waals surface area (Å²) in [5.41, 5.74) is 7.03. The molecule has 1 aromatic heterocycles. The number of aromatic nitrogens is 2. The fourth-order valence-corrected chi connectivity index (χ4v) is 1.35. The standard InChI is InChI=1S/C10H11N3O/c1-14-9-4-2-3-7-5-8(6-11)12-13-10(7)9/h2-5H,6,11H2,1H3. The topological polar surface area (TPSA) is 61.0 Å². The zero-order valence-electron chi connectivity index (χ0n) is 7.90. The number of ether oxygens (including phenoxy) is 1. The summed E-state index contributed by atoms with van der Waals surface area (Å²) in [4.78, 5) is 0. The maximum absolute atomic E-state index is 5.48. The monoisotopic (exact) mass is 189 g/mol. The van der Waals surface area contributed by atoms with Gasteiger partial charge in [0.05, 0.1) is 12.8 Å². The first-order valence-electron chi connectivity index (χ1n) is 4.34. The predicted molar refractivity (Wildman–Crippen MR) is 54.0 cm³/mol. The number of nitrogens with zero attached hydrogens (tertiary/aromatic N) is 2. The van der Waals surface area contributed by atoms with Gasteiger partial charge in [-0.2, -0.15) is 5.10 Å². The van der Waals surface area contributed by atoms with E-state index in [-0.39, 0.29) is 0 Å². The first kappa shape index (κ1) is 8.90. The molecule has 2 N–H and O–H groups in total. The molecule has 0 amide bonds. The van der Waals surface area contributed by atoms with E-state index in [9.17, 15) is 0 Å². The molecule has 0 fully saturated rings. The molecule has 0 saturated carbocycles. The number of hydrogen-bond donors (Lipinski definition) is 1. The second kappa shape index (κ2) is 3.59. The molecule has 0 aliphatic rings. The molecule has 0 saturated heterocycles. The van der Waals surface area contributed by atoms with Crippen LogP contribution < -0.4 is 10.5 Å². The molecule has 0 bridgehead atoms. The Kier molecular flexibility index (Phi) is 2.28. The average molecular weight is 189 g/mol. The lowest BCUT2D eigenvalue weighted by atomic mass is 10.2. The molecule has 4 heteroatoms. The summed E-state index contributed by atoms with van der Waals surface area (Å²) in [7, 11) is 1.62. The molecule has 0 spiro atoms. The zero-order valence-corrected chi connectivity index (χ0v) is 7.90. The Hall–Kier alpha value is -1.68. The third-order valence-electron chi connectivity index (χ3n) is 2.06. The Morgan fingerprint density at radius 2 is 2.21 bits per heavy atom. The average Bonchev–Trinajstić information content (AvgIpc) is 2.27. The molecule has 0 atom stereocenters. The van der Waals surface area contributed by atoms with Gasteiger partial charge in [-0.3, -0.25) is 0 Å². The van der Waals surface area contributed by atoms with Crippen molar-refractivity contribution in [2.75, 3.05) is 7.11 Å². The summed E-state index contributed by atoms with van der Waals surface area (Å²) in [6.07, 6.45) is 0. The summed E-state index contributed by atoms with van der Waals surface area (Å²) in [5, 5.41) is 9.05. The minimum atomic E-state index is 0.403. The summed E-state index contributed by atoms with van der Waals surface area (Å²) < 4.78 is 5.17. The van der Waals surface area contributed by atoms with E-state index in [2.05, 4.69) is 10.2 Å². The van der Waals surface area contributed by atoms with Crippen LogP contribution in [-0.2, 0) is 6.54 Å². The molecule has 0 unspecified atom stereocenters. The number of benzene rings is 1. The molecule has 2 aromatic rings. The van der Waals surface area contributed by atoms with Gasteiger partial charge in [-0.1, -0.05) is 12.1 Å². The minimum Gasteiger partial charge on any atom is -0.494 e. The van der Waals surface area contributed by atoms with E-state index in [1.54, 1.807) is 7.11 Å². The molecule has 1 heterocycles. The SMILES string of the molecule is COc1cccc2cc(CN)nnc12. The van der Waals surface area contributed by atoms with Gasteiger partial charge in [0.15, 0.2) is 0 Å². The number of hydrogen-bond acceptors (Lipinski definition) is 4. The van der Waals surface area contributed by atoms with E-state index in [1.807, 2.05) is 24.3 Å². The molecule has 0 aliphatic heterocycles. The van der Waals surface area contributed by atoms with Gasteiger partial charge in [0.2, 0.25) is 0 Å². The molecule has 14 heavy (non-hydrogen) atoms. The van der Waals surface area contributed by atoms with E-state index in [0.717, 1.165) is 22.3 Å². The van der Waals surface area contributed by atoms with E-state index in [4.69, 9.17) is 10.5 Å². The predicted octanol–water partition coefficient (Wildman–Crippen LogP) is 1.10. The second-order valence-electron chi connectivity index (χ2n) is 2.94. The third-order valence-corrected chi connectivity index (χ3v) is 2.06. The quantitative estimate of drug-likeness (QED) is 0.768. The third kappa shape index (κ3) is 1.40. The summed E-state index contributed by atoms with van der Waals surface area (Å²) in [6.45, 7) is 0.403. The number of methoxy groups -OCH3 is 1. The van der Waals surface area contributed by atoms with Crippen LogP contribution in [0.2, 0.25) is 0 Å². The van der Waals surface area contributed by atoms with Gasteiger partial charge < -0.3 is 10.5 Å². The molecule has 72 valence electrons. The fourth-order valence-electron chi connectivity index (χ4n) is 1.35. The smallest absolute Gasteiger partial charge is 0.146 e. The van der Waals surface area contributed by atoms with Gasteiger partial charge in [0.1, 0.15) is 11.3 Å². The van der Waals surface area contributed by atoms with Crippen LogP contribution in [0.3, 0.4) is 0 Å². The lowest BCUT2D eigenvalue weighted by molar-refractivity contribution is 0.418. The van der Waals surface area contributed by atoms with Crippen LogP contribution in [0, 0.1) is 0 Å². The first-order chi connectivity index (χ1) is 6.85. The second-order valence-corrected chi connectivity index (χ2v) is 2.94. The van der Waals surface area contributed by atoms with Gasteiger partial charge in [-0.05, 0) is 12.1 Å². The fraction of sp³-hybridized carbons (Fsp3) is 0.200. The number of nitrogens with two attached hydrogens (primary N) is 1. The van der Waals surface area contributed by atoms with Crippen molar-refractivity contribution in [1.29, 1.82) is 0 Å².